The zero-order chi connectivity index (χ0) is 13.6. The van der Waals surface area contributed by atoms with E-state index in [4.69, 9.17) is 4.74 Å². The number of rotatable bonds is 1. The van der Waals surface area contributed by atoms with Gasteiger partial charge in [-0.2, -0.15) is 0 Å². The van der Waals surface area contributed by atoms with Gasteiger partial charge in [0.15, 0.2) is 0 Å². The molecule has 1 aliphatic heterocycles. The van der Waals surface area contributed by atoms with Crippen LogP contribution < -0.4 is 4.74 Å². The van der Waals surface area contributed by atoms with Crippen LogP contribution in [0, 0.1) is 0 Å². The third-order valence-corrected chi connectivity index (χ3v) is 4.52. The van der Waals surface area contributed by atoms with E-state index in [0.29, 0.717) is 12.8 Å². The molecule has 0 unspecified atom stereocenters. The molecule has 1 aliphatic carbocycles. The molecular weight excluding hydrogens is 248 g/mol. The molecule has 0 aromatic heterocycles. The van der Waals surface area contributed by atoms with Gasteiger partial charge >= 0.3 is 0 Å². The Hall–Kier alpha value is -1.80. The number of aliphatic hydroxyl groups is 1. The molecule has 20 heavy (non-hydrogen) atoms. The van der Waals surface area contributed by atoms with Crippen LogP contribution in [0.1, 0.15) is 28.7 Å². The predicted molar refractivity (Wildman–Crippen MR) is 78.0 cm³/mol. The molecule has 0 spiro atoms. The van der Waals surface area contributed by atoms with Crippen molar-refractivity contribution in [2.45, 2.75) is 31.3 Å². The van der Waals surface area contributed by atoms with Crippen LogP contribution in [0.2, 0.25) is 0 Å². The molecule has 0 bridgehead atoms. The molecule has 4 rings (SSSR count). The molecular formula is C18H18O2. The second-order valence-corrected chi connectivity index (χ2v) is 5.90. The van der Waals surface area contributed by atoms with E-state index in [9.17, 15) is 5.11 Å². The normalized spacial score (nSPS) is 19.1. The van der Waals surface area contributed by atoms with Crippen molar-refractivity contribution in [3.63, 3.8) is 0 Å². The molecule has 1 N–H and O–H groups in total. The summed E-state index contributed by atoms with van der Waals surface area (Å²) in [7, 11) is 0. The summed E-state index contributed by atoms with van der Waals surface area (Å²) in [4.78, 5) is 0. The fourth-order valence-corrected chi connectivity index (χ4v) is 3.54. The van der Waals surface area contributed by atoms with Crippen LogP contribution in [0.15, 0.2) is 42.5 Å². The van der Waals surface area contributed by atoms with Crippen molar-refractivity contribution in [3.8, 4) is 5.75 Å². The van der Waals surface area contributed by atoms with E-state index in [-0.39, 0.29) is 0 Å². The molecule has 0 atom stereocenters. The average Bonchev–Trinajstić information content (AvgIpc) is 2.84. The molecule has 1 heterocycles. The fraction of sp³-hybridized carbons (Fsp3) is 0.333. The molecule has 2 aromatic rings. The first kappa shape index (κ1) is 12.0. The van der Waals surface area contributed by atoms with Crippen molar-refractivity contribution in [3.05, 3.63) is 64.7 Å². The van der Waals surface area contributed by atoms with Gasteiger partial charge in [-0.05, 0) is 29.5 Å². The van der Waals surface area contributed by atoms with E-state index < -0.39 is 5.60 Å². The summed E-state index contributed by atoms with van der Waals surface area (Å²) in [5.74, 6) is 0.925. The predicted octanol–water partition coefficient (Wildman–Crippen LogP) is 3.00. The number of ether oxygens (including phenoxy) is 1. The second kappa shape index (κ2) is 4.35. The van der Waals surface area contributed by atoms with Gasteiger partial charge < -0.3 is 9.84 Å². The van der Waals surface area contributed by atoms with E-state index >= 15 is 0 Å². The standard InChI is InChI=1S/C18H18O2/c19-18(11-14-5-1-2-6-15(14)12-18)16-9-3-7-13-8-4-10-20-17(13)16/h1-3,5-7,9,19H,4,8,10-12H2. The van der Waals surface area contributed by atoms with E-state index in [1.807, 2.05) is 24.3 Å². The molecule has 2 aliphatic rings. The maximum absolute atomic E-state index is 11.2. The lowest BCUT2D eigenvalue weighted by molar-refractivity contribution is 0.0443. The van der Waals surface area contributed by atoms with E-state index in [0.717, 1.165) is 30.8 Å². The Bertz CT molecular complexity index is 635. The Morgan fingerprint density at radius 2 is 1.60 bits per heavy atom. The molecule has 2 nitrogen and oxygen atoms in total. The van der Waals surface area contributed by atoms with Gasteiger partial charge in [0.25, 0.3) is 0 Å². The van der Waals surface area contributed by atoms with E-state index in [1.165, 1.54) is 16.7 Å². The Morgan fingerprint density at radius 1 is 0.900 bits per heavy atom. The summed E-state index contributed by atoms with van der Waals surface area (Å²) in [6.07, 6.45) is 3.48. The van der Waals surface area contributed by atoms with Crippen molar-refractivity contribution in [2.75, 3.05) is 6.61 Å². The van der Waals surface area contributed by atoms with Crippen molar-refractivity contribution in [1.29, 1.82) is 0 Å². The number of hydrogen-bond acceptors (Lipinski definition) is 2. The fourth-order valence-electron chi connectivity index (χ4n) is 3.54. The van der Waals surface area contributed by atoms with Gasteiger partial charge in [0.05, 0.1) is 6.61 Å². The second-order valence-electron chi connectivity index (χ2n) is 5.90. The van der Waals surface area contributed by atoms with Crippen LogP contribution in [0.3, 0.4) is 0 Å². The van der Waals surface area contributed by atoms with Crippen molar-refractivity contribution in [1.82, 2.24) is 0 Å². The summed E-state index contributed by atoms with van der Waals surface area (Å²) >= 11 is 0. The molecule has 102 valence electrons. The van der Waals surface area contributed by atoms with Gasteiger partial charge in [-0.3, -0.25) is 0 Å². The molecule has 0 amide bonds. The maximum Gasteiger partial charge on any atom is 0.128 e. The highest BCUT2D eigenvalue weighted by molar-refractivity contribution is 5.49. The topological polar surface area (TPSA) is 29.5 Å². The summed E-state index contributed by atoms with van der Waals surface area (Å²) in [5, 5.41) is 11.2. The zero-order valence-corrected chi connectivity index (χ0v) is 11.4. The number of fused-ring (bicyclic) bond motifs is 2. The van der Waals surface area contributed by atoms with Crippen LogP contribution in [0.25, 0.3) is 0 Å². The van der Waals surface area contributed by atoms with Gasteiger partial charge in [-0.15, -0.1) is 0 Å². The van der Waals surface area contributed by atoms with Crippen molar-refractivity contribution < 1.29 is 9.84 Å². The van der Waals surface area contributed by atoms with E-state index in [2.05, 4.69) is 18.2 Å². The Kier molecular flexibility index (Phi) is 2.61. The third-order valence-electron chi connectivity index (χ3n) is 4.52. The first-order valence-electron chi connectivity index (χ1n) is 7.31. The molecule has 0 fully saturated rings. The third kappa shape index (κ3) is 1.75. The van der Waals surface area contributed by atoms with Crippen molar-refractivity contribution in [2.24, 2.45) is 0 Å². The average molecular weight is 266 g/mol. The molecule has 2 aromatic carbocycles. The number of benzene rings is 2. The lowest BCUT2D eigenvalue weighted by Crippen LogP contribution is -2.28. The van der Waals surface area contributed by atoms with Gasteiger partial charge in [-0.25, -0.2) is 0 Å². The zero-order valence-electron chi connectivity index (χ0n) is 11.4. The minimum atomic E-state index is -0.813. The van der Waals surface area contributed by atoms with Crippen LogP contribution in [0.4, 0.5) is 0 Å². The summed E-state index contributed by atoms with van der Waals surface area (Å²) in [5.41, 5.74) is 3.89. The minimum Gasteiger partial charge on any atom is -0.493 e. The lowest BCUT2D eigenvalue weighted by atomic mass is 9.87. The Balaban J connectivity index is 1.79. The first-order valence-corrected chi connectivity index (χ1v) is 7.31. The van der Waals surface area contributed by atoms with Gasteiger partial charge in [0, 0.05) is 18.4 Å². The molecule has 0 radical (unpaired) electrons. The largest absolute Gasteiger partial charge is 0.493 e. The van der Waals surface area contributed by atoms with E-state index in [1.54, 1.807) is 0 Å². The quantitative estimate of drug-likeness (QED) is 0.860. The van der Waals surface area contributed by atoms with Gasteiger partial charge in [-0.1, -0.05) is 42.5 Å². The van der Waals surface area contributed by atoms with Crippen LogP contribution in [-0.2, 0) is 24.9 Å². The number of hydrogen-bond donors (Lipinski definition) is 1. The van der Waals surface area contributed by atoms with Crippen molar-refractivity contribution >= 4 is 0 Å². The summed E-state index contributed by atoms with van der Waals surface area (Å²) < 4.78 is 5.87. The van der Waals surface area contributed by atoms with Crippen LogP contribution in [0.5, 0.6) is 5.75 Å². The monoisotopic (exact) mass is 266 g/mol. The molecule has 0 saturated heterocycles. The minimum absolute atomic E-state index is 0.684. The van der Waals surface area contributed by atoms with Gasteiger partial charge in [0.2, 0.25) is 0 Å². The molecule has 0 saturated carbocycles. The smallest absolute Gasteiger partial charge is 0.128 e. The first-order chi connectivity index (χ1) is 9.76. The molecule has 2 heteroatoms. The Morgan fingerprint density at radius 3 is 2.35 bits per heavy atom. The Labute approximate surface area is 119 Å². The SMILES string of the molecule is OC1(c2cccc3c2OCCC3)Cc2ccccc2C1. The maximum atomic E-state index is 11.2. The summed E-state index contributed by atoms with van der Waals surface area (Å²) in [6.45, 7) is 0.757. The summed E-state index contributed by atoms with van der Waals surface area (Å²) in [6, 6.07) is 14.5. The van der Waals surface area contributed by atoms with Crippen LogP contribution in [-0.4, -0.2) is 11.7 Å². The number of aryl methyl sites for hydroxylation is 1. The van der Waals surface area contributed by atoms with Crippen LogP contribution >= 0.6 is 0 Å². The highest BCUT2D eigenvalue weighted by atomic mass is 16.5. The lowest BCUT2D eigenvalue weighted by Gasteiger charge is -2.29. The number of para-hydroxylation sites is 1. The highest BCUT2D eigenvalue weighted by Gasteiger charge is 2.39. The highest BCUT2D eigenvalue weighted by Crippen LogP contribution is 2.43. The van der Waals surface area contributed by atoms with Gasteiger partial charge in [0.1, 0.15) is 11.4 Å².